The van der Waals surface area contributed by atoms with E-state index in [0.717, 1.165) is 44.1 Å². The maximum absolute atomic E-state index is 9.22. The highest BCUT2D eigenvalue weighted by Gasteiger charge is 2.34. The highest BCUT2D eigenvalue weighted by Crippen LogP contribution is 2.56. The molecule has 2 N–H and O–H groups in total. The van der Waals surface area contributed by atoms with Crippen molar-refractivity contribution in [2.75, 3.05) is 21.3 Å². The molecular weight excluding hydrogens is 974 g/mol. The highest BCUT2D eigenvalue weighted by molar-refractivity contribution is 9.10. The lowest BCUT2D eigenvalue weighted by Gasteiger charge is -2.39. The number of ether oxygens (including phenoxy) is 3. The van der Waals surface area contributed by atoms with Crippen LogP contribution in [-0.2, 0) is 0 Å². The molecule has 0 aliphatic heterocycles. The molecule has 0 bridgehead atoms. The van der Waals surface area contributed by atoms with Crippen LogP contribution in [0.4, 0.5) is 0 Å². The molecule has 2 aliphatic carbocycles. The molecule has 10 heteroatoms. The van der Waals surface area contributed by atoms with E-state index in [1.807, 2.05) is 110 Å². The second kappa shape index (κ2) is 28.2. The fourth-order valence-corrected chi connectivity index (χ4v) is 14.1. The normalized spacial score (nSPS) is 13.5. The van der Waals surface area contributed by atoms with Crippen molar-refractivity contribution in [3.63, 3.8) is 0 Å². The fourth-order valence-electron chi connectivity index (χ4n) is 9.84. The molecule has 2 heterocycles. The predicted octanol–water partition coefficient (Wildman–Crippen LogP) is 14.8. The summed E-state index contributed by atoms with van der Waals surface area (Å²) in [6.45, 7) is 2.23. The molecule has 10 rings (SSSR count). The molecule has 0 unspecified atom stereocenters. The van der Waals surface area contributed by atoms with Gasteiger partial charge in [0.15, 0.2) is 0 Å². The third-order valence-corrected chi connectivity index (χ3v) is 17.3. The highest BCUT2D eigenvalue weighted by atomic mass is 79.9. The second-order valence-corrected chi connectivity index (χ2v) is 21.5. The van der Waals surface area contributed by atoms with Crippen LogP contribution in [0.15, 0.2) is 193 Å². The largest absolute Gasteiger partial charge is 0.496 e. The first-order chi connectivity index (χ1) is 35.3. The number of hydrogen-bond acceptors (Lipinski definition) is 7. The van der Waals surface area contributed by atoms with Crippen LogP contribution in [0.3, 0.4) is 0 Å². The first-order valence-electron chi connectivity index (χ1n) is 25.1. The summed E-state index contributed by atoms with van der Waals surface area (Å²) in [5.41, 5.74) is 12.7. The summed E-state index contributed by atoms with van der Waals surface area (Å²) < 4.78 is 16.7. The Labute approximate surface area is 437 Å². The van der Waals surface area contributed by atoms with Gasteiger partial charge in [0, 0.05) is 23.3 Å². The van der Waals surface area contributed by atoms with Gasteiger partial charge in [0.25, 0.3) is 0 Å². The minimum Gasteiger partial charge on any atom is -0.496 e. The van der Waals surface area contributed by atoms with E-state index in [-0.39, 0.29) is 7.92 Å². The van der Waals surface area contributed by atoms with Crippen LogP contribution in [0, 0.1) is 6.92 Å². The van der Waals surface area contributed by atoms with Crippen molar-refractivity contribution >= 4 is 41.7 Å². The first-order valence-corrected chi connectivity index (χ1v) is 27.4. The van der Waals surface area contributed by atoms with Gasteiger partial charge < -0.3 is 24.3 Å². The Balaban J connectivity index is 0.000000151. The minimum atomic E-state index is -1.43. The Morgan fingerprint density at radius 1 is 0.472 bits per heavy atom. The number of aromatic nitrogens is 2. The Morgan fingerprint density at radius 3 is 1.51 bits per heavy atom. The summed E-state index contributed by atoms with van der Waals surface area (Å²) >= 11 is 3.21. The van der Waals surface area contributed by atoms with E-state index in [9.17, 15) is 10.0 Å². The van der Waals surface area contributed by atoms with Crippen LogP contribution in [0.1, 0.15) is 69.8 Å². The molecule has 72 heavy (non-hydrogen) atoms. The van der Waals surface area contributed by atoms with Crippen LogP contribution in [0.2, 0.25) is 0 Å². The van der Waals surface area contributed by atoms with Gasteiger partial charge in [-0.15, -0.1) is 0 Å². The summed E-state index contributed by atoms with van der Waals surface area (Å²) in [6.07, 6.45) is 14.4. The molecule has 0 amide bonds. The zero-order chi connectivity index (χ0) is 50.5. The Morgan fingerprint density at radius 2 is 0.958 bits per heavy atom. The van der Waals surface area contributed by atoms with Gasteiger partial charge >= 0.3 is 7.12 Å². The monoisotopic (exact) mass is 1040 g/mol. The second-order valence-electron chi connectivity index (χ2n) is 18.0. The standard InChI is InChI=1S/C26H35OP.C18H15NO.C12H11BO2.C6H6BrNO/c1-20-12-11-18-24(27-2)26(20)23-17-9-10-19-25(23)28(21-13-5-3-6-14-21)22-15-7-4-8-16-22;1-20-18-13-7-12-17(19-18)16-11-6-5-10-15(16)14-8-3-2-4-9-14;14-13(15)12-9-5-4-8-11(12)10-6-2-1-3-7-10;1-9-6-4-2-3-5(7)8-6/h9-12,17-19,21-22H,3-8,13-16H2,1-2H3;2-13H,1H3;1-9,14-15H;2-4H,1H3. The molecule has 2 aliphatic rings. The number of halogens is 1. The number of nitrogens with zero attached hydrogens (tertiary/aromatic N) is 2. The van der Waals surface area contributed by atoms with Crippen molar-refractivity contribution in [2.24, 2.45) is 0 Å². The van der Waals surface area contributed by atoms with E-state index in [4.69, 9.17) is 14.2 Å². The third kappa shape index (κ3) is 14.8. The molecule has 0 spiro atoms. The number of rotatable bonds is 11. The molecule has 2 saturated carbocycles. The maximum atomic E-state index is 9.22. The molecule has 7 nitrogen and oxygen atoms in total. The quantitative estimate of drug-likeness (QED) is 0.0757. The van der Waals surface area contributed by atoms with Crippen molar-refractivity contribution in [1.29, 1.82) is 0 Å². The Bertz CT molecular complexity index is 2860. The molecule has 6 aromatic carbocycles. The first kappa shape index (κ1) is 53.7. The molecule has 0 saturated heterocycles. The average Bonchev–Trinajstić information content (AvgIpc) is 3.45. The lowest BCUT2D eigenvalue weighted by molar-refractivity contribution is 0.397. The van der Waals surface area contributed by atoms with Gasteiger partial charge in [-0.3, -0.25) is 0 Å². The van der Waals surface area contributed by atoms with Crippen LogP contribution < -0.4 is 25.0 Å². The predicted molar refractivity (Wildman–Crippen MR) is 305 cm³/mol. The van der Waals surface area contributed by atoms with Crippen LogP contribution >= 0.6 is 23.9 Å². The van der Waals surface area contributed by atoms with Crippen LogP contribution in [0.25, 0.3) is 44.6 Å². The molecule has 8 aromatic rings. The van der Waals surface area contributed by atoms with E-state index in [2.05, 4.69) is 99.6 Å². The Hall–Kier alpha value is -6.09. The molecule has 370 valence electrons. The Kier molecular flexibility index (Phi) is 21.1. The van der Waals surface area contributed by atoms with E-state index >= 15 is 0 Å². The summed E-state index contributed by atoms with van der Waals surface area (Å²) in [7, 11) is 3.49. The van der Waals surface area contributed by atoms with Crippen molar-refractivity contribution in [1.82, 2.24) is 9.97 Å². The third-order valence-electron chi connectivity index (χ3n) is 13.3. The van der Waals surface area contributed by atoms with Gasteiger partial charge in [0.2, 0.25) is 11.8 Å². The summed E-state index contributed by atoms with van der Waals surface area (Å²) in [5.74, 6) is 2.28. The topological polar surface area (TPSA) is 93.9 Å². The van der Waals surface area contributed by atoms with E-state index < -0.39 is 7.12 Å². The summed E-state index contributed by atoms with van der Waals surface area (Å²) in [4.78, 5) is 8.51. The molecule has 2 fully saturated rings. The van der Waals surface area contributed by atoms with E-state index in [1.54, 1.807) is 37.7 Å². The average molecular weight is 1040 g/mol. The van der Waals surface area contributed by atoms with Gasteiger partial charge in [-0.2, -0.15) is 0 Å². The zero-order valence-electron chi connectivity index (χ0n) is 42.0. The number of benzene rings is 6. The van der Waals surface area contributed by atoms with E-state index in [1.165, 1.54) is 92.0 Å². The number of methoxy groups -OCH3 is 3. The van der Waals surface area contributed by atoms with Crippen molar-refractivity contribution < 1.29 is 24.3 Å². The minimum absolute atomic E-state index is 0.122. The summed E-state index contributed by atoms with van der Waals surface area (Å²) in [6, 6.07) is 62.7. The van der Waals surface area contributed by atoms with Crippen LogP contribution in [-0.4, -0.2) is 59.8 Å². The molecule has 0 atom stereocenters. The van der Waals surface area contributed by atoms with Crippen LogP contribution in [0.5, 0.6) is 17.5 Å². The lowest BCUT2D eigenvalue weighted by atomic mass is 9.75. The molecule has 2 aromatic heterocycles. The van der Waals surface area contributed by atoms with Gasteiger partial charge in [-0.05, 0) is 122 Å². The number of aryl methyl sites for hydroxylation is 1. The SMILES string of the molecule is COc1cccc(-c2ccccc2-c2ccccc2)n1.COc1cccc(Br)n1.COc1cccc(C)c1-c1ccccc1P(C1CCCCC1)C1CCCCC1.OB(O)c1ccccc1-c1ccccc1. The zero-order valence-corrected chi connectivity index (χ0v) is 44.5. The summed E-state index contributed by atoms with van der Waals surface area (Å²) in [5, 5.41) is 20.1. The molecular formula is C62H67BBrN2O5P. The van der Waals surface area contributed by atoms with Gasteiger partial charge in [-0.25, -0.2) is 9.97 Å². The van der Waals surface area contributed by atoms with Crippen molar-refractivity contribution in [3.05, 3.63) is 198 Å². The maximum Gasteiger partial charge on any atom is 0.489 e. The lowest BCUT2D eigenvalue weighted by Crippen LogP contribution is -2.31. The van der Waals surface area contributed by atoms with Crippen molar-refractivity contribution in [3.8, 4) is 62.1 Å². The van der Waals surface area contributed by atoms with Gasteiger partial charge in [0.05, 0.1) is 27.0 Å². The molecule has 0 radical (unpaired) electrons. The smallest absolute Gasteiger partial charge is 0.489 e. The van der Waals surface area contributed by atoms with Gasteiger partial charge in [-0.1, -0.05) is 204 Å². The number of pyridine rings is 2. The fraction of sp³-hybridized carbons (Fsp3) is 0.258. The van der Waals surface area contributed by atoms with Crippen molar-refractivity contribution in [2.45, 2.75) is 82.4 Å². The van der Waals surface area contributed by atoms with Gasteiger partial charge in [0.1, 0.15) is 10.4 Å². The van der Waals surface area contributed by atoms with E-state index in [0.29, 0.717) is 17.2 Å². The number of hydrogen-bond donors (Lipinski definition) is 2.